The summed E-state index contributed by atoms with van der Waals surface area (Å²) < 4.78 is 0. The smallest absolute Gasteiger partial charge is 0.0900 e. The standard InChI is InChI=1S/C12H20N2OS/c1-9-11(16-10(2)14-9)7-13-8-12(15)5-3-4-6-12/h13,15H,3-8H2,1-2H3. The highest BCUT2D eigenvalue weighted by molar-refractivity contribution is 7.11. The molecule has 1 aliphatic carbocycles. The van der Waals surface area contributed by atoms with Gasteiger partial charge in [-0.1, -0.05) is 12.8 Å². The fourth-order valence-electron chi connectivity index (χ4n) is 2.36. The predicted molar refractivity (Wildman–Crippen MR) is 66.7 cm³/mol. The lowest BCUT2D eigenvalue weighted by Crippen LogP contribution is -2.37. The largest absolute Gasteiger partial charge is 0.389 e. The number of nitrogens with one attached hydrogen (secondary N) is 1. The van der Waals surface area contributed by atoms with Crippen molar-refractivity contribution in [2.75, 3.05) is 6.54 Å². The molecule has 90 valence electrons. The van der Waals surface area contributed by atoms with E-state index in [1.165, 1.54) is 4.88 Å². The van der Waals surface area contributed by atoms with E-state index in [-0.39, 0.29) is 0 Å². The maximum Gasteiger partial charge on any atom is 0.0900 e. The Morgan fingerprint density at radius 3 is 2.62 bits per heavy atom. The van der Waals surface area contributed by atoms with Gasteiger partial charge in [0, 0.05) is 18.0 Å². The number of hydrogen-bond donors (Lipinski definition) is 2. The van der Waals surface area contributed by atoms with Crippen molar-refractivity contribution in [3.05, 3.63) is 15.6 Å². The Hall–Kier alpha value is -0.450. The summed E-state index contributed by atoms with van der Waals surface area (Å²) >= 11 is 1.74. The van der Waals surface area contributed by atoms with Gasteiger partial charge in [0.25, 0.3) is 0 Å². The molecule has 0 radical (unpaired) electrons. The van der Waals surface area contributed by atoms with E-state index < -0.39 is 5.60 Å². The van der Waals surface area contributed by atoms with Crippen LogP contribution in [0.25, 0.3) is 0 Å². The molecule has 1 aliphatic rings. The molecule has 2 N–H and O–H groups in total. The number of aliphatic hydroxyl groups is 1. The molecule has 0 aromatic carbocycles. The van der Waals surface area contributed by atoms with Crippen molar-refractivity contribution >= 4 is 11.3 Å². The summed E-state index contributed by atoms with van der Waals surface area (Å²) in [6, 6.07) is 0. The maximum absolute atomic E-state index is 10.2. The lowest BCUT2D eigenvalue weighted by molar-refractivity contribution is 0.0475. The molecule has 16 heavy (non-hydrogen) atoms. The molecule has 0 aliphatic heterocycles. The van der Waals surface area contributed by atoms with Crippen LogP contribution in [0.2, 0.25) is 0 Å². The normalized spacial score (nSPS) is 19.2. The number of hydrogen-bond acceptors (Lipinski definition) is 4. The molecule has 0 spiro atoms. The first kappa shape index (κ1) is 12.0. The zero-order valence-corrected chi connectivity index (χ0v) is 10.9. The lowest BCUT2D eigenvalue weighted by Gasteiger charge is -2.22. The van der Waals surface area contributed by atoms with E-state index in [4.69, 9.17) is 0 Å². The van der Waals surface area contributed by atoms with Gasteiger partial charge in [-0.05, 0) is 26.7 Å². The van der Waals surface area contributed by atoms with Gasteiger partial charge in [0.15, 0.2) is 0 Å². The van der Waals surface area contributed by atoms with Crippen molar-refractivity contribution in [3.63, 3.8) is 0 Å². The molecule has 0 bridgehead atoms. The van der Waals surface area contributed by atoms with Crippen LogP contribution in [-0.4, -0.2) is 22.2 Å². The molecule has 0 amide bonds. The fraction of sp³-hybridized carbons (Fsp3) is 0.750. The summed E-state index contributed by atoms with van der Waals surface area (Å²) in [5.41, 5.74) is 0.668. The summed E-state index contributed by atoms with van der Waals surface area (Å²) in [6.45, 7) is 5.62. The fourth-order valence-corrected chi connectivity index (χ4v) is 3.26. The van der Waals surface area contributed by atoms with E-state index in [2.05, 4.69) is 10.3 Å². The van der Waals surface area contributed by atoms with Crippen LogP contribution in [-0.2, 0) is 6.54 Å². The number of rotatable bonds is 4. The van der Waals surface area contributed by atoms with Crippen molar-refractivity contribution in [3.8, 4) is 0 Å². The summed E-state index contributed by atoms with van der Waals surface area (Å²) in [5, 5.41) is 14.6. The van der Waals surface area contributed by atoms with Crippen LogP contribution >= 0.6 is 11.3 Å². The molecule has 1 heterocycles. The molecule has 0 saturated heterocycles. The van der Waals surface area contributed by atoms with E-state index in [1.807, 2.05) is 13.8 Å². The Labute approximate surface area is 101 Å². The second kappa shape index (κ2) is 4.82. The third kappa shape index (κ3) is 2.81. The minimum absolute atomic E-state index is 0.451. The summed E-state index contributed by atoms with van der Waals surface area (Å²) in [4.78, 5) is 5.69. The number of aromatic nitrogens is 1. The van der Waals surface area contributed by atoms with E-state index in [1.54, 1.807) is 11.3 Å². The minimum Gasteiger partial charge on any atom is -0.389 e. The maximum atomic E-state index is 10.2. The quantitative estimate of drug-likeness (QED) is 0.847. The average molecular weight is 240 g/mol. The molecular formula is C12H20N2OS. The van der Waals surface area contributed by atoms with Gasteiger partial charge in [0.2, 0.25) is 0 Å². The number of nitrogens with zero attached hydrogens (tertiary/aromatic N) is 1. The van der Waals surface area contributed by atoms with Gasteiger partial charge >= 0.3 is 0 Å². The summed E-state index contributed by atoms with van der Waals surface area (Å²) in [5.74, 6) is 0. The molecular weight excluding hydrogens is 220 g/mol. The van der Waals surface area contributed by atoms with Gasteiger partial charge < -0.3 is 10.4 Å². The van der Waals surface area contributed by atoms with Gasteiger partial charge in [0.05, 0.1) is 16.3 Å². The van der Waals surface area contributed by atoms with Crippen LogP contribution in [0.15, 0.2) is 0 Å². The lowest BCUT2D eigenvalue weighted by atomic mass is 10.0. The first-order valence-corrected chi connectivity index (χ1v) is 6.77. The second-order valence-electron chi connectivity index (χ2n) is 4.78. The second-order valence-corrected chi connectivity index (χ2v) is 6.06. The van der Waals surface area contributed by atoms with Gasteiger partial charge in [-0.3, -0.25) is 0 Å². The highest BCUT2D eigenvalue weighted by Gasteiger charge is 2.30. The predicted octanol–water partition coefficient (Wildman–Crippen LogP) is 2.15. The third-order valence-corrected chi connectivity index (χ3v) is 4.35. The van der Waals surface area contributed by atoms with E-state index in [0.717, 1.165) is 42.9 Å². The molecule has 1 aromatic rings. The van der Waals surface area contributed by atoms with Gasteiger partial charge in [-0.15, -0.1) is 11.3 Å². The average Bonchev–Trinajstić information content (AvgIpc) is 2.75. The SMILES string of the molecule is Cc1nc(C)c(CNCC2(O)CCCC2)s1. The Bertz CT molecular complexity index is 356. The monoisotopic (exact) mass is 240 g/mol. The Kier molecular flexibility index (Phi) is 3.62. The highest BCUT2D eigenvalue weighted by Crippen LogP contribution is 2.28. The Balaban J connectivity index is 1.81. The molecule has 0 atom stereocenters. The number of aryl methyl sites for hydroxylation is 2. The molecule has 1 aromatic heterocycles. The molecule has 0 unspecified atom stereocenters. The Morgan fingerprint density at radius 2 is 2.06 bits per heavy atom. The highest BCUT2D eigenvalue weighted by atomic mass is 32.1. The molecule has 4 heteroatoms. The third-order valence-electron chi connectivity index (χ3n) is 3.27. The topological polar surface area (TPSA) is 45.2 Å². The zero-order valence-electron chi connectivity index (χ0n) is 10.0. The summed E-state index contributed by atoms with van der Waals surface area (Å²) in [7, 11) is 0. The Morgan fingerprint density at radius 1 is 1.38 bits per heavy atom. The first-order chi connectivity index (χ1) is 7.59. The molecule has 1 saturated carbocycles. The molecule has 1 fully saturated rings. The minimum atomic E-state index is -0.451. The van der Waals surface area contributed by atoms with Crippen molar-refractivity contribution in [1.82, 2.24) is 10.3 Å². The van der Waals surface area contributed by atoms with Gasteiger partial charge in [0.1, 0.15) is 0 Å². The molecule has 3 nitrogen and oxygen atoms in total. The van der Waals surface area contributed by atoms with Gasteiger partial charge in [-0.2, -0.15) is 0 Å². The van der Waals surface area contributed by atoms with Crippen molar-refractivity contribution in [2.24, 2.45) is 0 Å². The van der Waals surface area contributed by atoms with Crippen LogP contribution in [0.3, 0.4) is 0 Å². The number of thiazole rings is 1. The van der Waals surface area contributed by atoms with Crippen LogP contribution in [0.5, 0.6) is 0 Å². The van der Waals surface area contributed by atoms with Crippen molar-refractivity contribution < 1.29 is 5.11 Å². The van der Waals surface area contributed by atoms with Crippen molar-refractivity contribution in [2.45, 2.75) is 51.7 Å². The van der Waals surface area contributed by atoms with E-state index in [0.29, 0.717) is 6.54 Å². The first-order valence-electron chi connectivity index (χ1n) is 5.95. The van der Waals surface area contributed by atoms with Crippen LogP contribution in [0.1, 0.15) is 41.3 Å². The van der Waals surface area contributed by atoms with Crippen LogP contribution < -0.4 is 5.32 Å². The van der Waals surface area contributed by atoms with Crippen LogP contribution in [0, 0.1) is 13.8 Å². The van der Waals surface area contributed by atoms with Gasteiger partial charge in [-0.25, -0.2) is 4.98 Å². The van der Waals surface area contributed by atoms with Crippen molar-refractivity contribution in [1.29, 1.82) is 0 Å². The summed E-state index contributed by atoms with van der Waals surface area (Å²) in [6.07, 6.45) is 4.22. The van der Waals surface area contributed by atoms with Crippen LogP contribution in [0.4, 0.5) is 0 Å². The molecule has 2 rings (SSSR count). The zero-order chi connectivity index (χ0) is 11.6. The van der Waals surface area contributed by atoms with E-state index in [9.17, 15) is 5.11 Å². The van der Waals surface area contributed by atoms with E-state index >= 15 is 0 Å².